The Kier molecular flexibility index (Phi) is 4.94. The van der Waals surface area contributed by atoms with Gasteiger partial charge in [0.1, 0.15) is 22.1 Å². The van der Waals surface area contributed by atoms with E-state index in [0.717, 1.165) is 4.57 Å². The Balaban J connectivity index is 2.24. The number of fused-ring (bicyclic) bond motifs is 1. The van der Waals surface area contributed by atoms with Crippen molar-refractivity contribution in [1.82, 2.24) is 19.1 Å². The molecule has 0 amide bonds. The van der Waals surface area contributed by atoms with E-state index in [0.29, 0.717) is 27.8 Å². The highest BCUT2D eigenvalue weighted by Crippen LogP contribution is 2.29. The molecule has 3 aromatic rings. The van der Waals surface area contributed by atoms with Crippen molar-refractivity contribution >= 4 is 22.8 Å². The molecule has 2 heterocycles. The second-order valence-electron chi connectivity index (χ2n) is 7.39. The highest BCUT2D eigenvalue weighted by molar-refractivity contribution is 7.98. The van der Waals surface area contributed by atoms with Gasteiger partial charge in [0.25, 0.3) is 5.56 Å². The number of thioether (sulfide) groups is 1. The first kappa shape index (κ1) is 19.3. The van der Waals surface area contributed by atoms with Crippen LogP contribution in [-0.2, 0) is 25.3 Å². The summed E-state index contributed by atoms with van der Waals surface area (Å²) in [5.74, 6) is 0.531. The van der Waals surface area contributed by atoms with Gasteiger partial charge < -0.3 is 0 Å². The maximum atomic E-state index is 14.0. The van der Waals surface area contributed by atoms with Crippen LogP contribution in [0.5, 0.6) is 0 Å². The van der Waals surface area contributed by atoms with Gasteiger partial charge in [0, 0.05) is 25.3 Å². The van der Waals surface area contributed by atoms with Crippen molar-refractivity contribution in [1.29, 1.82) is 0 Å². The molecule has 0 N–H and O–H groups in total. The Hall–Kier alpha value is -2.48. The maximum absolute atomic E-state index is 14.0. The zero-order valence-corrected chi connectivity index (χ0v) is 16.7. The molecule has 142 valence electrons. The van der Waals surface area contributed by atoms with Crippen molar-refractivity contribution in [3.63, 3.8) is 0 Å². The number of hydrogen-bond acceptors (Lipinski definition) is 5. The lowest BCUT2D eigenvalue weighted by atomic mass is 9.96. The molecule has 0 saturated heterocycles. The molecule has 3 rings (SSSR count). The Morgan fingerprint density at radius 3 is 2.37 bits per heavy atom. The molecular weight excluding hydrogens is 367 g/mol. The summed E-state index contributed by atoms with van der Waals surface area (Å²) in [4.78, 5) is 34.1. The normalized spacial score (nSPS) is 11.9. The smallest absolute Gasteiger partial charge is 0.280 e. The summed E-state index contributed by atoms with van der Waals surface area (Å²) in [5, 5.41) is 0.721. The van der Waals surface area contributed by atoms with Crippen LogP contribution in [0.4, 0.5) is 4.39 Å². The lowest BCUT2D eigenvalue weighted by Gasteiger charge is -2.19. The molecular formula is C19H21FN4O2S. The fraction of sp³-hybridized carbons (Fsp3) is 0.368. The predicted octanol–water partition coefficient (Wildman–Crippen LogP) is 2.76. The molecule has 0 atom stereocenters. The summed E-state index contributed by atoms with van der Waals surface area (Å²) >= 11 is 1.27. The van der Waals surface area contributed by atoms with Gasteiger partial charge in [0.15, 0.2) is 5.65 Å². The van der Waals surface area contributed by atoms with Crippen LogP contribution < -0.4 is 11.2 Å². The summed E-state index contributed by atoms with van der Waals surface area (Å²) in [6.45, 7) is 5.87. The van der Waals surface area contributed by atoms with Gasteiger partial charge in [0.2, 0.25) is 0 Å². The average Bonchev–Trinajstić information content (AvgIpc) is 2.62. The summed E-state index contributed by atoms with van der Waals surface area (Å²) in [7, 11) is 3.00. The van der Waals surface area contributed by atoms with Gasteiger partial charge in [-0.05, 0) is 11.6 Å². The third-order valence-corrected chi connectivity index (χ3v) is 5.28. The van der Waals surface area contributed by atoms with Gasteiger partial charge in [-0.1, -0.05) is 39.0 Å². The molecule has 27 heavy (non-hydrogen) atoms. The Morgan fingerprint density at radius 2 is 1.74 bits per heavy atom. The quantitative estimate of drug-likeness (QED) is 0.510. The highest BCUT2D eigenvalue weighted by Gasteiger charge is 2.23. The number of aryl methyl sites for hydroxylation is 1. The molecule has 0 saturated carbocycles. The highest BCUT2D eigenvalue weighted by atomic mass is 32.2. The van der Waals surface area contributed by atoms with Gasteiger partial charge in [-0.25, -0.2) is 19.2 Å². The molecule has 0 radical (unpaired) electrons. The maximum Gasteiger partial charge on any atom is 0.332 e. The van der Waals surface area contributed by atoms with Crippen molar-refractivity contribution in [2.24, 2.45) is 14.1 Å². The Labute approximate surface area is 160 Å². The molecule has 0 unspecified atom stereocenters. The molecule has 0 fully saturated rings. The van der Waals surface area contributed by atoms with E-state index in [1.807, 2.05) is 20.8 Å². The SMILES string of the molecule is Cn1c(=O)c2c(SCc3ccccc3F)nc(C(C)(C)C)nc2n(C)c1=O. The van der Waals surface area contributed by atoms with Gasteiger partial charge in [0.05, 0.1) is 0 Å². The predicted molar refractivity (Wildman–Crippen MR) is 105 cm³/mol. The minimum absolute atomic E-state index is 0.272. The fourth-order valence-electron chi connectivity index (χ4n) is 2.63. The van der Waals surface area contributed by atoms with E-state index in [1.165, 1.54) is 29.4 Å². The molecule has 0 spiro atoms. The second-order valence-corrected chi connectivity index (χ2v) is 8.35. The first-order valence-corrected chi connectivity index (χ1v) is 9.44. The van der Waals surface area contributed by atoms with Gasteiger partial charge in [-0.2, -0.15) is 0 Å². The minimum Gasteiger partial charge on any atom is -0.280 e. The van der Waals surface area contributed by atoms with Gasteiger partial charge in [-0.3, -0.25) is 13.9 Å². The van der Waals surface area contributed by atoms with E-state index in [9.17, 15) is 14.0 Å². The average molecular weight is 388 g/mol. The molecule has 0 aliphatic rings. The molecule has 6 nitrogen and oxygen atoms in total. The zero-order valence-electron chi connectivity index (χ0n) is 15.9. The number of hydrogen-bond donors (Lipinski definition) is 0. The number of halogens is 1. The monoisotopic (exact) mass is 388 g/mol. The lowest BCUT2D eigenvalue weighted by Crippen LogP contribution is -2.38. The van der Waals surface area contributed by atoms with E-state index in [-0.39, 0.29) is 16.6 Å². The fourth-order valence-corrected chi connectivity index (χ4v) is 3.63. The molecule has 1 aromatic carbocycles. The van der Waals surface area contributed by atoms with Crippen molar-refractivity contribution in [3.8, 4) is 0 Å². The first-order valence-electron chi connectivity index (χ1n) is 8.45. The molecule has 0 bridgehead atoms. The number of aromatic nitrogens is 4. The Morgan fingerprint density at radius 1 is 1.07 bits per heavy atom. The van der Waals surface area contributed by atoms with Crippen LogP contribution >= 0.6 is 11.8 Å². The third kappa shape index (κ3) is 3.53. The largest absolute Gasteiger partial charge is 0.332 e. The van der Waals surface area contributed by atoms with Crippen LogP contribution in [0.15, 0.2) is 38.9 Å². The standard InChI is InChI=1S/C19H21FN4O2S/c1-19(2,3)17-21-14-13(16(25)24(5)18(26)23(14)4)15(22-17)27-10-11-8-6-7-9-12(11)20/h6-9H,10H2,1-5H3. The van der Waals surface area contributed by atoms with Crippen molar-refractivity contribution < 1.29 is 4.39 Å². The van der Waals surface area contributed by atoms with Gasteiger partial charge in [-0.15, -0.1) is 11.8 Å². The molecule has 2 aromatic heterocycles. The van der Waals surface area contributed by atoms with Crippen LogP contribution in [-0.4, -0.2) is 19.1 Å². The van der Waals surface area contributed by atoms with Crippen LogP contribution in [0, 0.1) is 5.82 Å². The Bertz CT molecular complexity index is 1150. The van der Waals surface area contributed by atoms with Crippen molar-refractivity contribution in [3.05, 3.63) is 62.3 Å². The summed E-state index contributed by atoms with van der Waals surface area (Å²) in [6.07, 6.45) is 0. The topological polar surface area (TPSA) is 69.8 Å². The summed E-state index contributed by atoms with van der Waals surface area (Å²) in [5.41, 5.74) is -0.466. The van der Waals surface area contributed by atoms with Crippen molar-refractivity contribution in [2.75, 3.05) is 0 Å². The number of benzene rings is 1. The lowest BCUT2D eigenvalue weighted by molar-refractivity contribution is 0.539. The van der Waals surface area contributed by atoms with E-state index in [1.54, 1.807) is 25.2 Å². The second kappa shape index (κ2) is 6.92. The third-order valence-electron chi connectivity index (χ3n) is 4.26. The van der Waals surface area contributed by atoms with Crippen LogP contribution in [0.2, 0.25) is 0 Å². The number of rotatable bonds is 3. The van der Waals surface area contributed by atoms with Crippen LogP contribution in [0.25, 0.3) is 11.0 Å². The molecule has 8 heteroatoms. The van der Waals surface area contributed by atoms with E-state index >= 15 is 0 Å². The molecule has 0 aliphatic heterocycles. The summed E-state index contributed by atoms with van der Waals surface area (Å²) in [6, 6.07) is 6.49. The van der Waals surface area contributed by atoms with Crippen molar-refractivity contribution in [2.45, 2.75) is 37.0 Å². The van der Waals surface area contributed by atoms with Crippen LogP contribution in [0.3, 0.4) is 0 Å². The van der Waals surface area contributed by atoms with E-state index in [4.69, 9.17) is 0 Å². The van der Waals surface area contributed by atoms with E-state index < -0.39 is 11.2 Å². The number of nitrogens with zero attached hydrogens (tertiary/aromatic N) is 4. The van der Waals surface area contributed by atoms with Gasteiger partial charge >= 0.3 is 5.69 Å². The first-order chi connectivity index (χ1) is 12.6. The summed E-state index contributed by atoms with van der Waals surface area (Å²) < 4.78 is 16.4. The molecule has 0 aliphatic carbocycles. The zero-order chi connectivity index (χ0) is 19.9. The van der Waals surface area contributed by atoms with Crippen LogP contribution in [0.1, 0.15) is 32.2 Å². The van der Waals surface area contributed by atoms with E-state index in [2.05, 4.69) is 9.97 Å². The minimum atomic E-state index is -0.454.